The second-order valence-corrected chi connectivity index (χ2v) is 14.0. The maximum absolute atomic E-state index is 6.72. The summed E-state index contributed by atoms with van der Waals surface area (Å²) in [6.45, 7) is 0. The molecule has 0 aliphatic carbocycles. The van der Waals surface area contributed by atoms with Crippen molar-refractivity contribution in [3.05, 3.63) is 146 Å². The van der Waals surface area contributed by atoms with Crippen LogP contribution < -0.4 is 0 Å². The minimum Gasteiger partial charge on any atom is -0.454 e. The van der Waals surface area contributed by atoms with E-state index in [1.54, 1.807) is 11.8 Å². The van der Waals surface area contributed by atoms with E-state index in [0.29, 0.717) is 5.95 Å². The van der Waals surface area contributed by atoms with Gasteiger partial charge in [-0.05, 0) is 60.7 Å². The molecule has 5 nitrogen and oxygen atoms in total. The van der Waals surface area contributed by atoms with Crippen molar-refractivity contribution in [2.45, 2.75) is 9.79 Å². The number of aromatic nitrogens is 4. The molecule has 12 rings (SSSR count). The van der Waals surface area contributed by atoms with Gasteiger partial charge in [0.05, 0.1) is 27.8 Å². The quantitative estimate of drug-likeness (QED) is 0.186. The smallest absolute Gasteiger partial charge is 0.235 e. The molecule has 4 aromatic heterocycles. The van der Waals surface area contributed by atoms with Gasteiger partial charge in [0.25, 0.3) is 0 Å². The molecule has 7 aromatic carbocycles. The fourth-order valence-electron chi connectivity index (χ4n) is 8.21. The topological polar surface area (TPSA) is 48.8 Å². The first-order valence-electron chi connectivity index (χ1n) is 16.8. The largest absolute Gasteiger partial charge is 0.454 e. The van der Waals surface area contributed by atoms with Crippen molar-refractivity contribution in [2.24, 2.45) is 0 Å². The first-order chi connectivity index (χ1) is 24.8. The molecule has 6 heteroatoms. The van der Waals surface area contributed by atoms with Gasteiger partial charge in [-0.2, -0.15) is 0 Å². The Hall–Kier alpha value is -6.37. The van der Waals surface area contributed by atoms with Gasteiger partial charge in [0, 0.05) is 58.7 Å². The van der Waals surface area contributed by atoms with Crippen LogP contribution in [0, 0.1) is 0 Å². The average Bonchev–Trinajstić information content (AvgIpc) is 3.82. The number of hydrogen-bond donors (Lipinski definition) is 0. The summed E-state index contributed by atoms with van der Waals surface area (Å²) >= 11 is 1.79. The summed E-state index contributed by atoms with van der Waals surface area (Å²) < 4.78 is 11.3. The molecule has 50 heavy (non-hydrogen) atoms. The summed E-state index contributed by atoms with van der Waals surface area (Å²) in [5.74, 6) is 0.629. The van der Waals surface area contributed by atoms with Crippen LogP contribution in [0.15, 0.2) is 160 Å². The number of hydrogen-bond acceptors (Lipinski definition) is 4. The molecule has 0 atom stereocenters. The third kappa shape index (κ3) is 3.43. The van der Waals surface area contributed by atoms with Gasteiger partial charge in [0.2, 0.25) is 5.95 Å². The predicted octanol–water partition coefficient (Wildman–Crippen LogP) is 11.9. The van der Waals surface area contributed by atoms with Crippen LogP contribution in [0.3, 0.4) is 0 Å². The zero-order chi connectivity index (χ0) is 32.5. The highest BCUT2D eigenvalue weighted by molar-refractivity contribution is 7.99. The van der Waals surface area contributed by atoms with Gasteiger partial charge in [-0.3, -0.25) is 4.57 Å². The molecule has 11 aromatic rings. The van der Waals surface area contributed by atoms with Crippen LogP contribution in [0.2, 0.25) is 0 Å². The van der Waals surface area contributed by atoms with Gasteiger partial charge in [0.1, 0.15) is 11.1 Å². The van der Waals surface area contributed by atoms with Gasteiger partial charge >= 0.3 is 0 Å². The summed E-state index contributed by atoms with van der Waals surface area (Å²) in [5.41, 5.74) is 10.2. The molecule has 0 amide bonds. The third-order valence-electron chi connectivity index (χ3n) is 10.3. The zero-order valence-electron chi connectivity index (χ0n) is 26.5. The molecular weight excluding hydrogens is 633 g/mol. The van der Waals surface area contributed by atoms with Crippen LogP contribution in [0.4, 0.5) is 0 Å². The van der Waals surface area contributed by atoms with E-state index in [4.69, 9.17) is 14.4 Å². The monoisotopic (exact) mass is 656 g/mol. The summed E-state index contributed by atoms with van der Waals surface area (Å²) in [6.07, 6.45) is 0. The molecule has 5 heterocycles. The Kier molecular flexibility index (Phi) is 5.11. The Balaban J connectivity index is 1.23. The first kappa shape index (κ1) is 26.6. The fraction of sp³-hybridized carbons (Fsp3) is 0. The van der Waals surface area contributed by atoms with Crippen LogP contribution in [0.1, 0.15) is 0 Å². The normalized spacial score (nSPS) is 12.7. The maximum Gasteiger partial charge on any atom is 0.235 e. The first-order valence-corrected chi connectivity index (χ1v) is 17.6. The van der Waals surface area contributed by atoms with E-state index >= 15 is 0 Å². The lowest BCUT2D eigenvalue weighted by Gasteiger charge is -2.20. The van der Waals surface area contributed by atoms with Crippen LogP contribution >= 0.6 is 11.8 Å². The lowest BCUT2D eigenvalue weighted by Crippen LogP contribution is -2.05. The van der Waals surface area contributed by atoms with Crippen molar-refractivity contribution in [1.82, 2.24) is 19.1 Å². The predicted molar refractivity (Wildman–Crippen MR) is 205 cm³/mol. The number of fused-ring (bicyclic) bond motifs is 12. The summed E-state index contributed by atoms with van der Waals surface area (Å²) in [7, 11) is 0. The van der Waals surface area contributed by atoms with Gasteiger partial charge in [0.15, 0.2) is 5.58 Å². The van der Waals surface area contributed by atoms with Crippen LogP contribution in [-0.2, 0) is 0 Å². The van der Waals surface area contributed by atoms with Crippen molar-refractivity contribution in [1.29, 1.82) is 0 Å². The van der Waals surface area contributed by atoms with E-state index in [2.05, 4.69) is 143 Å². The van der Waals surface area contributed by atoms with Crippen molar-refractivity contribution in [3.63, 3.8) is 0 Å². The Morgan fingerprint density at radius 2 is 1.20 bits per heavy atom. The highest BCUT2D eigenvalue weighted by Crippen LogP contribution is 2.48. The molecule has 1 aliphatic heterocycles. The Morgan fingerprint density at radius 3 is 2.06 bits per heavy atom. The molecule has 1 aliphatic rings. The van der Waals surface area contributed by atoms with Gasteiger partial charge in [-0.15, -0.1) is 0 Å². The van der Waals surface area contributed by atoms with Crippen molar-refractivity contribution in [3.8, 4) is 22.9 Å². The molecule has 0 unspecified atom stereocenters. The molecule has 0 N–H and O–H groups in total. The minimum absolute atomic E-state index is 0.629. The molecule has 0 radical (unpaired) electrons. The maximum atomic E-state index is 6.72. The number of furan rings is 1. The zero-order valence-corrected chi connectivity index (χ0v) is 27.3. The van der Waals surface area contributed by atoms with E-state index in [1.807, 2.05) is 12.1 Å². The number of para-hydroxylation sites is 3. The second-order valence-electron chi connectivity index (χ2n) is 13.0. The Bertz CT molecular complexity index is 3200. The van der Waals surface area contributed by atoms with Crippen molar-refractivity contribution < 1.29 is 4.42 Å². The van der Waals surface area contributed by atoms with E-state index in [1.165, 1.54) is 31.6 Å². The lowest BCUT2D eigenvalue weighted by atomic mass is 10.1. The molecular formula is C44H24N4OS. The number of nitrogens with zero attached hydrogens (tertiary/aromatic N) is 4. The number of rotatable bonds is 2. The van der Waals surface area contributed by atoms with Crippen LogP contribution in [0.25, 0.3) is 99.3 Å². The van der Waals surface area contributed by atoms with Gasteiger partial charge in [-0.1, -0.05) is 96.7 Å². The Labute approximate surface area is 289 Å². The van der Waals surface area contributed by atoms with Crippen LogP contribution in [-0.4, -0.2) is 19.1 Å². The molecule has 0 saturated carbocycles. The van der Waals surface area contributed by atoms with Gasteiger partial charge < -0.3 is 8.98 Å². The van der Waals surface area contributed by atoms with E-state index in [0.717, 1.165) is 71.6 Å². The van der Waals surface area contributed by atoms with Crippen LogP contribution in [0.5, 0.6) is 0 Å². The second kappa shape index (κ2) is 9.62. The standard InChI is InChI=1S/C44H24N4OS/c1-5-15-34-26(10-1)27-11-2-6-16-35(27)47(34)25-20-23-36-32(24-25)29-21-22-30-28-12-3-7-17-37(28)49-43(30)42(29)48(36)44-45-33-14-9-19-39-40(33)41(46-44)31-13-4-8-18-38(31)50-39/h1-24H. The average molecular weight is 657 g/mol. The molecule has 0 fully saturated rings. The van der Waals surface area contributed by atoms with E-state index < -0.39 is 0 Å². The molecule has 0 bridgehead atoms. The highest BCUT2D eigenvalue weighted by Gasteiger charge is 2.26. The number of benzene rings is 7. The fourth-order valence-corrected chi connectivity index (χ4v) is 9.31. The van der Waals surface area contributed by atoms with Gasteiger partial charge in [-0.25, -0.2) is 9.97 Å². The molecule has 0 saturated heterocycles. The summed E-state index contributed by atoms with van der Waals surface area (Å²) in [6, 6.07) is 51.7. The third-order valence-corrected chi connectivity index (χ3v) is 11.5. The Morgan fingerprint density at radius 1 is 0.500 bits per heavy atom. The SMILES string of the molecule is c1ccc2c(c1)Sc1cccc3nc(-n4c5ccc(-n6c7ccccc7c7ccccc76)cc5c5ccc6c7ccccc7oc6c54)nc-2c13. The molecule has 0 spiro atoms. The van der Waals surface area contributed by atoms with E-state index in [-0.39, 0.29) is 0 Å². The van der Waals surface area contributed by atoms with Crippen molar-refractivity contribution >= 4 is 88.2 Å². The minimum atomic E-state index is 0.629. The van der Waals surface area contributed by atoms with Crippen molar-refractivity contribution in [2.75, 3.05) is 0 Å². The summed E-state index contributed by atoms with van der Waals surface area (Å²) in [5, 5.41) is 7.96. The summed E-state index contributed by atoms with van der Waals surface area (Å²) in [4.78, 5) is 13.1. The molecule has 232 valence electrons. The lowest BCUT2D eigenvalue weighted by molar-refractivity contribution is 0.671. The van der Waals surface area contributed by atoms with E-state index in [9.17, 15) is 0 Å². The highest BCUT2D eigenvalue weighted by atomic mass is 32.2.